The maximum absolute atomic E-state index is 14.8. The zero-order valence-electron chi connectivity index (χ0n) is 23.1. The predicted molar refractivity (Wildman–Crippen MR) is 152 cm³/mol. The van der Waals surface area contributed by atoms with Crippen LogP contribution in [0.2, 0.25) is 5.02 Å². The summed E-state index contributed by atoms with van der Waals surface area (Å²) in [6.45, 7) is 5.10. The Labute approximate surface area is 242 Å². The summed E-state index contributed by atoms with van der Waals surface area (Å²) < 4.78 is 48.5. The lowest BCUT2D eigenvalue weighted by Crippen LogP contribution is -2.52. The molecule has 3 aromatic rings. The van der Waals surface area contributed by atoms with Crippen molar-refractivity contribution in [2.75, 3.05) is 13.7 Å². The highest BCUT2D eigenvalue weighted by molar-refractivity contribution is 6.32. The first-order valence-electron chi connectivity index (χ1n) is 12.9. The minimum Gasteiger partial charge on any atom is -0.463 e. The van der Waals surface area contributed by atoms with Crippen molar-refractivity contribution in [1.82, 2.24) is 15.2 Å². The summed E-state index contributed by atoms with van der Waals surface area (Å²) in [7, 11) is 1.30. The quantitative estimate of drug-likeness (QED) is 0.246. The van der Waals surface area contributed by atoms with Gasteiger partial charge in [0.05, 0.1) is 17.5 Å². The molecule has 2 aromatic carbocycles. The van der Waals surface area contributed by atoms with Crippen LogP contribution in [-0.4, -0.2) is 58.2 Å². The monoisotopic (exact) mass is 591 g/mol. The van der Waals surface area contributed by atoms with E-state index in [2.05, 4.69) is 16.9 Å². The molecule has 1 atom stereocenters. The second kappa shape index (κ2) is 13.4. The SMILES string of the molecule is C=Cc1cccc(CNC(=O)N(C)[C@H](COC(=O)CCc2cc3cc(F)ccc3cn2)CC(F)(F)C(C)(C)O)c1Cl. The van der Waals surface area contributed by atoms with E-state index in [0.717, 1.165) is 24.1 Å². The summed E-state index contributed by atoms with van der Waals surface area (Å²) in [5, 5.41) is 14.4. The number of aromatic nitrogens is 1. The Morgan fingerprint density at radius 3 is 2.63 bits per heavy atom. The standard InChI is InChI=1S/C30H33ClF3N3O4/c1-5-19-7-6-8-21(27(19)31)17-36-28(39)37(4)25(15-30(33,34)29(2,3)40)18-41-26(38)12-11-24-14-22-13-23(32)10-9-20(22)16-35-24/h5-10,13-14,16,25,40H,1,11-12,15,17-18H2,2-4H3,(H,36,39)/t25-/m0/s1. The molecule has 41 heavy (non-hydrogen) atoms. The van der Waals surface area contributed by atoms with Crippen LogP contribution in [0.3, 0.4) is 0 Å². The number of amides is 2. The van der Waals surface area contributed by atoms with E-state index in [9.17, 15) is 27.9 Å². The first-order valence-corrected chi connectivity index (χ1v) is 13.3. The highest BCUT2D eigenvalue weighted by Gasteiger charge is 2.48. The number of pyridine rings is 1. The molecule has 2 amide bonds. The minimum atomic E-state index is -3.61. The Hall–Kier alpha value is -3.63. The van der Waals surface area contributed by atoms with Gasteiger partial charge in [0.2, 0.25) is 0 Å². The molecule has 0 aliphatic rings. The largest absolute Gasteiger partial charge is 0.463 e. The van der Waals surface area contributed by atoms with Crippen LogP contribution in [0.4, 0.5) is 18.0 Å². The van der Waals surface area contributed by atoms with Crippen molar-refractivity contribution in [3.05, 3.63) is 82.9 Å². The molecule has 0 bridgehead atoms. The van der Waals surface area contributed by atoms with Crippen LogP contribution in [-0.2, 0) is 22.5 Å². The predicted octanol–water partition coefficient (Wildman–Crippen LogP) is 6.15. The molecule has 0 saturated carbocycles. The zero-order chi connectivity index (χ0) is 30.4. The number of aryl methyl sites for hydroxylation is 1. The number of nitrogens with zero attached hydrogens (tertiary/aromatic N) is 2. The Bertz CT molecular complexity index is 1410. The average molecular weight is 592 g/mol. The number of esters is 1. The van der Waals surface area contributed by atoms with Crippen molar-refractivity contribution in [2.24, 2.45) is 0 Å². The smallest absolute Gasteiger partial charge is 0.317 e. The van der Waals surface area contributed by atoms with Gasteiger partial charge in [-0.3, -0.25) is 9.78 Å². The number of ether oxygens (including phenoxy) is 1. The normalized spacial score (nSPS) is 12.6. The number of urea groups is 1. The van der Waals surface area contributed by atoms with Gasteiger partial charge in [0.15, 0.2) is 0 Å². The van der Waals surface area contributed by atoms with Gasteiger partial charge in [0.25, 0.3) is 5.92 Å². The molecule has 0 aliphatic heterocycles. The molecule has 0 spiro atoms. The van der Waals surface area contributed by atoms with E-state index in [1.807, 2.05) is 0 Å². The second-order valence-electron chi connectivity index (χ2n) is 10.3. The third-order valence-corrected chi connectivity index (χ3v) is 7.24. The van der Waals surface area contributed by atoms with E-state index in [0.29, 0.717) is 27.2 Å². The molecule has 1 aromatic heterocycles. The van der Waals surface area contributed by atoms with Crippen molar-refractivity contribution in [3.63, 3.8) is 0 Å². The van der Waals surface area contributed by atoms with Gasteiger partial charge >= 0.3 is 12.0 Å². The lowest BCUT2D eigenvalue weighted by Gasteiger charge is -2.35. The molecule has 7 nitrogen and oxygen atoms in total. The van der Waals surface area contributed by atoms with Gasteiger partial charge < -0.3 is 20.1 Å². The number of carbonyl (C=O) groups is 2. The molecule has 0 radical (unpaired) electrons. The van der Waals surface area contributed by atoms with Crippen molar-refractivity contribution < 1.29 is 32.6 Å². The van der Waals surface area contributed by atoms with Gasteiger partial charge in [-0.05, 0) is 54.6 Å². The van der Waals surface area contributed by atoms with Crippen LogP contribution in [0.1, 0.15) is 43.5 Å². The molecule has 0 unspecified atom stereocenters. The molecule has 220 valence electrons. The minimum absolute atomic E-state index is 0.0146. The van der Waals surface area contributed by atoms with Crippen LogP contribution < -0.4 is 5.32 Å². The number of hydrogen-bond donors (Lipinski definition) is 2. The van der Waals surface area contributed by atoms with Crippen molar-refractivity contribution in [3.8, 4) is 0 Å². The number of carbonyl (C=O) groups excluding carboxylic acids is 2. The Balaban J connectivity index is 1.65. The van der Waals surface area contributed by atoms with Crippen molar-refractivity contribution in [2.45, 2.75) is 57.2 Å². The van der Waals surface area contributed by atoms with E-state index < -0.39 is 48.4 Å². The summed E-state index contributed by atoms with van der Waals surface area (Å²) in [5.74, 6) is -4.70. The van der Waals surface area contributed by atoms with Gasteiger partial charge in [0.1, 0.15) is 18.0 Å². The van der Waals surface area contributed by atoms with Gasteiger partial charge in [0, 0.05) is 43.7 Å². The number of aliphatic hydroxyl groups is 1. The lowest BCUT2D eigenvalue weighted by atomic mass is 9.94. The topological polar surface area (TPSA) is 91.8 Å². The third kappa shape index (κ3) is 8.43. The summed E-state index contributed by atoms with van der Waals surface area (Å²) in [6, 6.07) is 9.17. The van der Waals surface area contributed by atoms with Crippen LogP contribution >= 0.6 is 11.6 Å². The van der Waals surface area contributed by atoms with Gasteiger partial charge in [-0.2, -0.15) is 0 Å². The van der Waals surface area contributed by atoms with E-state index in [4.69, 9.17) is 16.3 Å². The van der Waals surface area contributed by atoms with Gasteiger partial charge in [-0.1, -0.05) is 42.5 Å². The van der Waals surface area contributed by atoms with Gasteiger partial charge in [-0.25, -0.2) is 18.0 Å². The molecule has 11 heteroatoms. The molecule has 1 heterocycles. The van der Waals surface area contributed by atoms with Crippen LogP contribution in [0.15, 0.2) is 55.2 Å². The van der Waals surface area contributed by atoms with Gasteiger partial charge in [-0.15, -0.1) is 0 Å². The van der Waals surface area contributed by atoms with E-state index >= 15 is 0 Å². The molecule has 0 aliphatic carbocycles. The zero-order valence-corrected chi connectivity index (χ0v) is 23.9. The van der Waals surface area contributed by atoms with E-state index in [-0.39, 0.29) is 19.4 Å². The maximum Gasteiger partial charge on any atom is 0.317 e. The Morgan fingerprint density at radius 1 is 1.22 bits per heavy atom. The third-order valence-electron chi connectivity index (χ3n) is 6.78. The van der Waals surface area contributed by atoms with E-state index in [1.165, 1.54) is 19.2 Å². The highest BCUT2D eigenvalue weighted by Crippen LogP contribution is 2.34. The molecular formula is C30H33ClF3N3O4. The first kappa shape index (κ1) is 31.9. The molecule has 2 N–H and O–H groups in total. The maximum atomic E-state index is 14.8. The number of hydrogen-bond acceptors (Lipinski definition) is 5. The molecule has 0 saturated heterocycles. The van der Waals surface area contributed by atoms with Crippen LogP contribution in [0.5, 0.6) is 0 Å². The van der Waals surface area contributed by atoms with E-state index in [1.54, 1.807) is 42.6 Å². The highest BCUT2D eigenvalue weighted by atomic mass is 35.5. The lowest BCUT2D eigenvalue weighted by molar-refractivity contribution is -0.176. The number of rotatable bonds is 12. The molecule has 0 fully saturated rings. The number of likely N-dealkylation sites (N-methyl/N-ethyl adjacent to an activating group) is 1. The number of fused-ring (bicyclic) bond motifs is 1. The Kier molecular flexibility index (Phi) is 10.4. The molecular weight excluding hydrogens is 559 g/mol. The fraction of sp³-hybridized carbons (Fsp3) is 0.367. The average Bonchev–Trinajstić information content (AvgIpc) is 2.92. The molecule has 3 rings (SSSR count). The van der Waals surface area contributed by atoms with Crippen molar-refractivity contribution >= 4 is 40.4 Å². The van der Waals surface area contributed by atoms with Crippen LogP contribution in [0, 0.1) is 5.82 Å². The number of alkyl halides is 2. The summed E-state index contributed by atoms with van der Waals surface area (Å²) in [5.41, 5.74) is -0.583. The second-order valence-corrected chi connectivity index (χ2v) is 10.6. The fourth-order valence-corrected chi connectivity index (χ4v) is 4.26. The first-order chi connectivity index (χ1) is 19.2. The number of nitrogens with one attached hydrogen (secondary N) is 1. The summed E-state index contributed by atoms with van der Waals surface area (Å²) in [6.07, 6.45) is 2.24. The fourth-order valence-electron chi connectivity index (χ4n) is 3.99. The number of benzene rings is 2. The van der Waals surface area contributed by atoms with Crippen LogP contribution in [0.25, 0.3) is 16.8 Å². The summed E-state index contributed by atoms with van der Waals surface area (Å²) in [4.78, 5) is 30.7. The Morgan fingerprint density at radius 2 is 1.95 bits per heavy atom. The summed E-state index contributed by atoms with van der Waals surface area (Å²) >= 11 is 6.32. The van der Waals surface area contributed by atoms with Crippen molar-refractivity contribution in [1.29, 1.82) is 0 Å². The number of halogens is 4.